The quantitative estimate of drug-likeness (QED) is 0.522. The summed E-state index contributed by atoms with van der Waals surface area (Å²) in [4.78, 5) is 15.9. The highest BCUT2D eigenvalue weighted by molar-refractivity contribution is 7.99. The van der Waals surface area contributed by atoms with Crippen molar-refractivity contribution in [2.75, 3.05) is 18.0 Å². The van der Waals surface area contributed by atoms with Crippen LogP contribution in [0, 0.1) is 16.7 Å². The molecule has 32 heavy (non-hydrogen) atoms. The van der Waals surface area contributed by atoms with Crippen LogP contribution in [0.25, 0.3) is 0 Å². The number of nitrogens with two attached hydrogens (primary N) is 1. The zero-order chi connectivity index (χ0) is 22.3. The number of pyridine rings is 1. The molecule has 1 fully saturated rings. The fourth-order valence-electron chi connectivity index (χ4n) is 4.78. The van der Waals surface area contributed by atoms with Crippen molar-refractivity contribution in [2.45, 2.75) is 35.2 Å². The second-order valence-electron chi connectivity index (χ2n) is 8.21. The molecular formula is C23H20Cl2N6S. The van der Waals surface area contributed by atoms with Gasteiger partial charge in [-0.15, -0.1) is 0 Å². The third kappa shape index (κ3) is 3.71. The molecule has 2 aromatic heterocycles. The van der Waals surface area contributed by atoms with Crippen molar-refractivity contribution < 1.29 is 0 Å². The largest absolute Gasteiger partial charge is 0.354 e. The van der Waals surface area contributed by atoms with Crippen molar-refractivity contribution in [1.29, 1.82) is 5.26 Å². The summed E-state index contributed by atoms with van der Waals surface area (Å²) >= 11 is 13.5. The van der Waals surface area contributed by atoms with Gasteiger partial charge in [-0.2, -0.15) is 5.26 Å². The van der Waals surface area contributed by atoms with Crippen molar-refractivity contribution in [3.05, 3.63) is 69.7 Å². The highest BCUT2D eigenvalue weighted by Crippen LogP contribution is 2.51. The van der Waals surface area contributed by atoms with Gasteiger partial charge in [-0.1, -0.05) is 59.2 Å². The van der Waals surface area contributed by atoms with E-state index in [4.69, 9.17) is 28.9 Å². The lowest BCUT2D eigenvalue weighted by atomic mass is 9.73. The normalized spacial score (nSPS) is 19.1. The number of anilines is 1. The molecule has 3 aromatic rings. The Hall–Kier alpha value is -2.37. The number of aromatic nitrogens is 3. The van der Waals surface area contributed by atoms with E-state index < -0.39 is 0 Å². The summed E-state index contributed by atoms with van der Waals surface area (Å²) in [6.07, 6.45) is 6.18. The number of nitrogens with zero attached hydrogens (tertiary/aromatic N) is 5. The smallest absolute Gasteiger partial charge is 0.184 e. The van der Waals surface area contributed by atoms with Gasteiger partial charge < -0.3 is 10.6 Å². The van der Waals surface area contributed by atoms with E-state index in [1.54, 1.807) is 18.5 Å². The van der Waals surface area contributed by atoms with E-state index in [0.717, 1.165) is 32.4 Å². The molecule has 6 nitrogen and oxygen atoms in total. The predicted molar refractivity (Wildman–Crippen MR) is 126 cm³/mol. The summed E-state index contributed by atoms with van der Waals surface area (Å²) in [5.74, 6) is 0.620. The maximum absolute atomic E-state index is 9.74. The van der Waals surface area contributed by atoms with Gasteiger partial charge >= 0.3 is 0 Å². The molecule has 2 aliphatic rings. The summed E-state index contributed by atoms with van der Waals surface area (Å²) in [5.41, 5.74) is 9.71. The number of halogens is 2. The number of benzene rings is 1. The number of hydrogen-bond donors (Lipinski definition) is 1. The molecule has 0 saturated carbocycles. The summed E-state index contributed by atoms with van der Waals surface area (Å²) in [6, 6.07) is 12.5. The first-order valence-corrected chi connectivity index (χ1v) is 11.9. The van der Waals surface area contributed by atoms with Crippen LogP contribution in [0.3, 0.4) is 0 Å². The van der Waals surface area contributed by atoms with E-state index in [1.165, 1.54) is 22.9 Å². The lowest BCUT2D eigenvalue weighted by molar-refractivity contribution is 0.187. The first-order chi connectivity index (χ1) is 15.5. The van der Waals surface area contributed by atoms with E-state index in [1.807, 2.05) is 0 Å². The van der Waals surface area contributed by atoms with Crippen molar-refractivity contribution in [2.24, 2.45) is 11.1 Å². The summed E-state index contributed by atoms with van der Waals surface area (Å²) in [7, 11) is 0. The number of piperidine rings is 1. The maximum atomic E-state index is 9.74. The molecule has 1 aliphatic heterocycles. The SMILES string of the molecule is N#Cc1nc(Sc2ccnc(Cl)c2Cl)cnc1N1CCC2(CC1)Cc1ccccc1[C@H]2N. The van der Waals surface area contributed by atoms with Crippen molar-refractivity contribution in [3.8, 4) is 6.07 Å². The van der Waals surface area contributed by atoms with Crippen LogP contribution < -0.4 is 10.6 Å². The van der Waals surface area contributed by atoms with Gasteiger partial charge in [-0.05, 0) is 41.9 Å². The van der Waals surface area contributed by atoms with Gasteiger partial charge in [0.05, 0.1) is 11.2 Å². The third-order valence-corrected chi connectivity index (χ3v) is 8.36. The molecule has 9 heteroatoms. The Bertz CT molecular complexity index is 1220. The predicted octanol–water partition coefficient (Wildman–Crippen LogP) is 5.04. The standard InChI is InChI=1S/C23H20Cl2N6S/c24-19-17(5-8-28-21(19)25)32-18-13-29-22(16(12-26)30-18)31-9-6-23(7-10-31)11-14-3-1-2-4-15(14)20(23)27/h1-5,8,13,20H,6-7,9-11,27H2/t20-/m1/s1. The molecule has 3 heterocycles. The molecule has 1 aliphatic carbocycles. The number of nitriles is 1. The van der Waals surface area contributed by atoms with Crippen LogP contribution in [-0.2, 0) is 6.42 Å². The first-order valence-electron chi connectivity index (χ1n) is 10.3. The zero-order valence-corrected chi connectivity index (χ0v) is 19.5. The molecule has 5 rings (SSSR count). The second-order valence-corrected chi connectivity index (χ2v) is 10.0. The van der Waals surface area contributed by atoms with E-state index >= 15 is 0 Å². The molecule has 2 N–H and O–H groups in total. The molecule has 0 bridgehead atoms. The lowest BCUT2D eigenvalue weighted by Crippen LogP contribution is -2.44. The Morgan fingerprint density at radius 3 is 2.69 bits per heavy atom. The van der Waals surface area contributed by atoms with Gasteiger partial charge in [-0.25, -0.2) is 15.0 Å². The second kappa shape index (κ2) is 8.53. The number of fused-ring (bicyclic) bond motifs is 1. The third-order valence-electron chi connectivity index (χ3n) is 6.51. The van der Waals surface area contributed by atoms with Crippen LogP contribution in [0.15, 0.2) is 52.6 Å². The van der Waals surface area contributed by atoms with Gasteiger partial charge in [0.25, 0.3) is 0 Å². The highest BCUT2D eigenvalue weighted by Gasteiger charge is 2.46. The monoisotopic (exact) mass is 482 g/mol. The summed E-state index contributed by atoms with van der Waals surface area (Å²) < 4.78 is 0. The van der Waals surface area contributed by atoms with Crippen LogP contribution in [0.2, 0.25) is 10.2 Å². The van der Waals surface area contributed by atoms with Crippen molar-refractivity contribution in [1.82, 2.24) is 15.0 Å². The Labute approximate surface area is 200 Å². The molecular weight excluding hydrogens is 463 g/mol. The molecule has 1 spiro atoms. The van der Waals surface area contributed by atoms with Crippen LogP contribution in [-0.4, -0.2) is 28.0 Å². The average molecular weight is 483 g/mol. The Morgan fingerprint density at radius 2 is 1.94 bits per heavy atom. The lowest BCUT2D eigenvalue weighted by Gasteiger charge is -2.42. The topological polar surface area (TPSA) is 91.7 Å². The molecule has 0 amide bonds. The average Bonchev–Trinajstić information content (AvgIpc) is 3.09. The van der Waals surface area contributed by atoms with E-state index in [-0.39, 0.29) is 16.6 Å². The fraction of sp³-hybridized carbons (Fsp3) is 0.304. The van der Waals surface area contributed by atoms with Crippen LogP contribution in [0.5, 0.6) is 0 Å². The molecule has 1 aromatic carbocycles. The van der Waals surface area contributed by atoms with Gasteiger partial charge in [-0.3, -0.25) is 0 Å². The Morgan fingerprint density at radius 1 is 1.16 bits per heavy atom. The minimum Gasteiger partial charge on any atom is -0.354 e. The Balaban J connectivity index is 1.33. The number of rotatable bonds is 3. The van der Waals surface area contributed by atoms with Crippen LogP contribution >= 0.6 is 35.0 Å². The number of hydrogen-bond acceptors (Lipinski definition) is 7. The fourth-order valence-corrected chi connectivity index (χ4v) is 6.01. The first kappa shape index (κ1) is 21.5. The van der Waals surface area contributed by atoms with Gasteiger partial charge in [0.1, 0.15) is 16.2 Å². The van der Waals surface area contributed by atoms with Gasteiger partial charge in [0.15, 0.2) is 11.5 Å². The van der Waals surface area contributed by atoms with Crippen LogP contribution in [0.1, 0.15) is 35.7 Å². The highest BCUT2D eigenvalue weighted by atomic mass is 35.5. The minimum absolute atomic E-state index is 0.0538. The van der Waals surface area contributed by atoms with Gasteiger partial charge in [0, 0.05) is 30.2 Å². The summed E-state index contributed by atoms with van der Waals surface area (Å²) in [6.45, 7) is 1.59. The molecule has 1 saturated heterocycles. The molecule has 162 valence electrons. The maximum Gasteiger partial charge on any atom is 0.184 e. The summed E-state index contributed by atoms with van der Waals surface area (Å²) in [5, 5.41) is 10.9. The zero-order valence-electron chi connectivity index (χ0n) is 17.1. The van der Waals surface area contributed by atoms with Gasteiger partial charge in [0.2, 0.25) is 0 Å². The Kier molecular flexibility index (Phi) is 5.72. The van der Waals surface area contributed by atoms with Crippen LogP contribution in [0.4, 0.5) is 5.82 Å². The molecule has 1 atom stereocenters. The van der Waals surface area contributed by atoms with Crippen molar-refractivity contribution >= 4 is 40.8 Å². The minimum atomic E-state index is 0.0538. The van der Waals surface area contributed by atoms with E-state index in [9.17, 15) is 5.26 Å². The van der Waals surface area contributed by atoms with Crippen molar-refractivity contribution in [3.63, 3.8) is 0 Å². The van der Waals surface area contributed by atoms with E-state index in [2.05, 4.69) is 50.2 Å². The molecule has 0 radical (unpaired) electrons. The van der Waals surface area contributed by atoms with E-state index in [0.29, 0.717) is 26.5 Å². The molecule has 0 unspecified atom stereocenters.